The van der Waals surface area contributed by atoms with Crippen LogP contribution in [0, 0.1) is 5.92 Å². The topological polar surface area (TPSA) is 125 Å². The van der Waals surface area contributed by atoms with Gasteiger partial charge in [-0.15, -0.1) is 0 Å². The number of benzene rings is 2. The lowest BCUT2D eigenvalue weighted by Gasteiger charge is -2.27. The van der Waals surface area contributed by atoms with Gasteiger partial charge < -0.3 is 25.6 Å². The highest BCUT2D eigenvalue weighted by Gasteiger charge is 2.30. The number of alkyl carbamates (subject to hydrolysis) is 1. The predicted molar refractivity (Wildman–Crippen MR) is 125 cm³/mol. The van der Waals surface area contributed by atoms with Crippen LogP contribution < -0.4 is 10.6 Å². The van der Waals surface area contributed by atoms with Crippen LogP contribution in [0.3, 0.4) is 0 Å². The van der Waals surface area contributed by atoms with Crippen LogP contribution in [-0.4, -0.2) is 53.5 Å². The van der Waals surface area contributed by atoms with E-state index in [1.54, 1.807) is 0 Å². The number of ether oxygens (including phenoxy) is 1. The number of carboxylic acid groups (broad SMARTS) is 1. The van der Waals surface area contributed by atoms with Crippen molar-refractivity contribution in [3.8, 4) is 11.1 Å². The zero-order valence-electron chi connectivity index (χ0n) is 18.9. The minimum Gasteiger partial charge on any atom is -0.481 e. The van der Waals surface area contributed by atoms with Crippen molar-refractivity contribution in [1.29, 1.82) is 0 Å². The van der Waals surface area contributed by atoms with E-state index in [1.807, 2.05) is 36.4 Å². The molecular weight excluding hydrogens is 436 g/mol. The Bertz CT molecular complexity index is 1010. The largest absolute Gasteiger partial charge is 0.481 e. The number of carbonyl (C=O) groups excluding carboxylic acids is 2. The van der Waals surface area contributed by atoms with E-state index in [9.17, 15) is 19.5 Å². The number of aliphatic carboxylic acids is 1. The number of carboxylic acids is 1. The third-order valence-corrected chi connectivity index (χ3v) is 6.64. The van der Waals surface area contributed by atoms with Crippen molar-refractivity contribution in [2.24, 2.45) is 5.92 Å². The normalized spacial score (nSPS) is 20.0. The summed E-state index contributed by atoms with van der Waals surface area (Å²) >= 11 is 0. The van der Waals surface area contributed by atoms with E-state index in [4.69, 9.17) is 9.84 Å². The molecule has 3 unspecified atom stereocenters. The molecule has 0 radical (unpaired) electrons. The molecule has 34 heavy (non-hydrogen) atoms. The molecule has 2 amide bonds. The van der Waals surface area contributed by atoms with Gasteiger partial charge in [-0.3, -0.25) is 9.59 Å². The molecule has 2 aromatic carbocycles. The van der Waals surface area contributed by atoms with Crippen molar-refractivity contribution in [1.82, 2.24) is 10.6 Å². The maximum atomic E-state index is 12.2. The Morgan fingerprint density at radius 2 is 1.65 bits per heavy atom. The molecule has 8 heteroatoms. The van der Waals surface area contributed by atoms with E-state index in [0.29, 0.717) is 12.8 Å². The molecule has 2 aromatic rings. The third-order valence-electron chi connectivity index (χ3n) is 6.64. The summed E-state index contributed by atoms with van der Waals surface area (Å²) in [5.74, 6) is -1.71. The molecule has 2 aliphatic carbocycles. The molecule has 0 bridgehead atoms. The van der Waals surface area contributed by atoms with Gasteiger partial charge in [-0.2, -0.15) is 0 Å². The van der Waals surface area contributed by atoms with Gasteiger partial charge in [0.1, 0.15) is 6.61 Å². The van der Waals surface area contributed by atoms with Gasteiger partial charge in [0.15, 0.2) is 0 Å². The van der Waals surface area contributed by atoms with Gasteiger partial charge in [0.2, 0.25) is 5.91 Å². The number of amides is 2. The van der Waals surface area contributed by atoms with E-state index in [-0.39, 0.29) is 37.4 Å². The standard InChI is InChI=1S/C26H30N2O6/c29-18(13-24(30)28-17-7-5-6-16(12-17)25(31)32)14-27-26(33)34-15-23-21-10-3-1-8-19(21)20-9-2-4-11-22(20)23/h1-4,8-11,16-18,23,29H,5-7,12-15H2,(H,27,33)(H,28,30)(H,31,32). The highest BCUT2D eigenvalue weighted by molar-refractivity contribution is 5.79. The summed E-state index contributed by atoms with van der Waals surface area (Å²) in [5, 5.41) is 24.6. The van der Waals surface area contributed by atoms with Crippen LogP contribution in [0.4, 0.5) is 4.79 Å². The van der Waals surface area contributed by atoms with Crippen LogP contribution in [0.25, 0.3) is 11.1 Å². The first-order valence-corrected chi connectivity index (χ1v) is 11.7. The first kappa shape index (κ1) is 23.8. The quantitative estimate of drug-likeness (QED) is 0.474. The smallest absolute Gasteiger partial charge is 0.407 e. The van der Waals surface area contributed by atoms with Gasteiger partial charge in [0, 0.05) is 18.5 Å². The fourth-order valence-corrected chi connectivity index (χ4v) is 4.97. The number of carbonyl (C=O) groups is 3. The van der Waals surface area contributed by atoms with E-state index in [2.05, 4.69) is 22.8 Å². The van der Waals surface area contributed by atoms with Crippen LogP contribution >= 0.6 is 0 Å². The maximum Gasteiger partial charge on any atom is 0.407 e. The lowest BCUT2D eigenvalue weighted by Crippen LogP contribution is -2.42. The lowest BCUT2D eigenvalue weighted by molar-refractivity contribution is -0.143. The number of hydrogen-bond acceptors (Lipinski definition) is 5. The summed E-state index contributed by atoms with van der Waals surface area (Å²) in [6.45, 7) is 0.0510. The average molecular weight is 467 g/mol. The van der Waals surface area contributed by atoms with Gasteiger partial charge in [-0.25, -0.2) is 4.79 Å². The summed E-state index contributed by atoms with van der Waals surface area (Å²) in [4.78, 5) is 35.6. The van der Waals surface area contributed by atoms with Crippen molar-refractivity contribution in [3.63, 3.8) is 0 Å². The highest BCUT2D eigenvalue weighted by atomic mass is 16.5. The molecule has 4 N–H and O–H groups in total. The monoisotopic (exact) mass is 466 g/mol. The number of aliphatic hydroxyl groups is 1. The molecule has 2 aliphatic rings. The molecule has 1 fully saturated rings. The fourth-order valence-electron chi connectivity index (χ4n) is 4.97. The van der Waals surface area contributed by atoms with Crippen molar-refractivity contribution in [3.05, 3.63) is 59.7 Å². The van der Waals surface area contributed by atoms with Crippen LogP contribution in [0.1, 0.15) is 49.1 Å². The SMILES string of the molecule is O=C(CC(O)CNC(=O)OCC1c2ccccc2-c2ccccc21)NC1CCCC(C(=O)O)C1. The van der Waals surface area contributed by atoms with Crippen molar-refractivity contribution < 1.29 is 29.3 Å². The van der Waals surface area contributed by atoms with Crippen LogP contribution in [0.5, 0.6) is 0 Å². The molecule has 0 aliphatic heterocycles. The van der Waals surface area contributed by atoms with Crippen LogP contribution in [-0.2, 0) is 14.3 Å². The Morgan fingerprint density at radius 1 is 1.00 bits per heavy atom. The van der Waals surface area contributed by atoms with Crippen molar-refractivity contribution in [2.75, 3.05) is 13.2 Å². The van der Waals surface area contributed by atoms with Gasteiger partial charge >= 0.3 is 12.1 Å². The number of aliphatic hydroxyl groups excluding tert-OH is 1. The third kappa shape index (κ3) is 5.56. The van der Waals surface area contributed by atoms with E-state index >= 15 is 0 Å². The zero-order chi connectivity index (χ0) is 24.1. The zero-order valence-corrected chi connectivity index (χ0v) is 18.9. The molecule has 0 spiro atoms. The second-order valence-corrected chi connectivity index (χ2v) is 9.03. The summed E-state index contributed by atoms with van der Waals surface area (Å²) in [7, 11) is 0. The summed E-state index contributed by atoms with van der Waals surface area (Å²) in [6.07, 6.45) is 0.580. The molecule has 0 heterocycles. The summed E-state index contributed by atoms with van der Waals surface area (Å²) in [5.41, 5.74) is 4.50. The first-order chi connectivity index (χ1) is 16.4. The Hall–Kier alpha value is -3.39. The van der Waals surface area contributed by atoms with Crippen molar-refractivity contribution in [2.45, 2.75) is 50.2 Å². The Labute approximate surface area is 198 Å². The molecule has 1 saturated carbocycles. The molecule has 4 rings (SSSR count). The molecule has 3 atom stereocenters. The van der Waals surface area contributed by atoms with Crippen molar-refractivity contribution >= 4 is 18.0 Å². The maximum absolute atomic E-state index is 12.2. The molecule has 0 saturated heterocycles. The molecular formula is C26H30N2O6. The minimum absolute atomic E-state index is 0.0565. The minimum atomic E-state index is -1.07. The van der Waals surface area contributed by atoms with E-state index in [0.717, 1.165) is 35.1 Å². The lowest BCUT2D eigenvalue weighted by atomic mass is 9.85. The van der Waals surface area contributed by atoms with E-state index < -0.39 is 24.1 Å². The molecule has 0 aromatic heterocycles. The van der Waals surface area contributed by atoms with Gasteiger partial charge in [-0.1, -0.05) is 55.0 Å². The van der Waals surface area contributed by atoms with Gasteiger partial charge in [0.25, 0.3) is 0 Å². The first-order valence-electron chi connectivity index (χ1n) is 11.7. The number of nitrogens with one attached hydrogen (secondary N) is 2. The number of hydrogen-bond donors (Lipinski definition) is 4. The summed E-state index contributed by atoms with van der Waals surface area (Å²) in [6, 6.07) is 15.9. The summed E-state index contributed by atoms with van der Waals surface area (Å²) < 4.78 is 5.43. The second kappa shape index (κ2) is 10.7. The Morgan fingerprint density at radius 3 is 2.29 bits per heavy atom. The van der Waals surface area contributed by atoms with Crippen LogP contribution in [0.2, 0.25) is 0 Å². The fraction of sp³-hybridized carbons (Fsp3) is 0.423. The molecule has 8 nitrogen and oxygen atoms in total. The Kier molecular flexibility index (Phi) is 7.47. The predicted octanol–water partition coefficient (Wildman–Crippen LogP) is 3.04. The average Bonchev–Trinajstić information content (AvgIpc) is 3.15. The van der Waals surface area contributed by atoms with Crippen LogP contribution in [0.15, 0.2) is 48.5 Å². The number of rotatable bonds is 8. The van der Waals surface area contributed by atoms with E-state index in [1.165, 1.54) is 0 Å². The second-order valence-electron chi connectivity index (χ2n) is 9.03. The molecule has 180 valence electrons. The highest BCUT2D eigenvalue weighted by Crippen LogP contribution is 2.44. The Balaban J connectivity index is 1.21. The van der Waals surface area contributed by atoms with Gasteiger partial charge in [0.05, 0.1) is 18.4 Å². The van der Waals surface area contributed by atoms with Gasteiger partial charge in [-0.05, 0) is 41.5 Å². The number of fused-ring (bicyclic) bond motifs is 3.